The van der Waals surface area contributed by atoms with E-state index >= 15 is 0 Å². The van der Waals surface area contributed by atoms with Gasteiger partial charge in [0, 0.05) is 49.9 Å². The molecule has 1 aliphatic rings. The van der Waals surface area contributed by atoms with Gasteiger partial charge in [0.15, 0.2) is 5.76 Å². The molecule has 8 nitrogen and oxygen atoms in total. The molecule has 24 heavy (non-hydrogen) atoms. The van der Waals surface area contributed by atoms with Gasteiger partial charge in [0.1, 0.15) is 0 Å². The minimum Gasteiger partial charge on any atom is -0.360 e. The molecule has 0 atom stereocenters. The first kappa shape index (κ1) is 16.1. The Kier molecular flexibility index (Phi) is 4.57. The van der Waals surface area contributed by atoms with Crippen molar-refractivity contribution in [2.24, 2.45) is 0 Å². The maximum atomic E-state index is 12.5. The molecule has 0 unspecified atom stereocenters. The summed E-state index contributed by atoms with van der Waals surface area (Å²) in [6, 6.07) is 7.76. The highest BCUT2D eigenvalue weighted by Gasteiger charge is 2.23. The van der Waals surface area contributed by atoms with Crippen LogP contribution in [0.1, 0.15) is 21.8 Å². The maximum absolute atomic E-state index is 12.5. The zero-order chi connectivity index (χ0) is 17.1. The summed E-state index contributed by atoms with van der Waals surface area (Å²) in [5.41, 5.74) is 1.13. The van der Waals surface area contributed by atoms with Crippen molar-refractivity contribution >= 4 is 11.6 Å². The Morgan fingerprint density at radius 2 is 2.04 bits per heavy atom. The number of non-ortho nitro benzene ring substituents is 1. The molecule has 1 fully saturated rings. The van der Waals surface area contributed by atoms with Gasteiger partial charge in [-0.25, -0.2) is 0 Å². The topological polar surface area (TPSA) is 92.7 Å². The van der Waals surface area contributed by atoms with Crippen LogP contribution in [0.4, 0.5) is 5.69 Å². The second kappa shape index (κ2) is 6.79. The third-order valence-electron chi connectivity index (χ3n) is 4.02. The number of carbonyl (C=O) groups is 1. The van der Waals surface area contributed by atoms with E-state index in [4.69, 9.17) is 4.52 Å². The van der Waals surface area contributed by atoms with E-state index in [0.717, 1.165) is 24.5 Å². The minimum absolute atomic E-state index is 0.0693. The van der Waals surface area contributed by atoms with E-state index in [2.05, 4.69) is 10.1 Å². The second-order valence-electron chi connectivity index (χ2n) is 5.81. The number of carbonyl (C=O) groups excluding carboxylic acids is 1. The number of aryl methyl sites for hydroxylation is 1. The van der Waals surface area contributed by atoms with Crippen LogP contribution in [-0.2, 0) is 6.54 Å². The smallest absolute Gasteiger partial charge is 0.270 e. The summed E-state index contributed by atoms with van der Waals surface area (Å²) >= 11 is 0. The normalized spacial score (nSPS) is 15.5. The minimum atomic E-state index is -0.492. The summed E-state index contributed by atoms with van der Waals surface area (Å²) in [4.78, 5) is 26.8. The molecule has 8 heteroatoms. The van der Waals surface area contributed by atoms with E-state index in [0.29, 0.717) is 25.2 Å². The third kappa shape index (κ3) is 3.60. The number of benzene rings is 1. The number of hydrogen-bond donors (Lipinski definition) is 0. The Morgan fingerprint density at radius 3 is 2.67 bits per heavy atom. The van der Waals surface area contributed by atoms with Gasteiger partial charge in [0.05, 0.1) is 17.2 Å². The van der Waals surface area contributed by atoms with Crippen LogP contribution in [-0.4, -0.2) is 52.0 Å². The first-order valence-corrected chi connectivity index (χ1v) is 7.71. The van der Waals surface area contributed by atoms with Gasteiger partial charge in [-0.15, -0.1) is 0 Å². The van der Waals surface area contributed by atoms with Gasteiger partial charge < -0.3 is 9.42 Å². The van der Waals surface area contributed by atoms with Crippen molar-refractivity contribution in [1.29, 1.82) is 0 Å². The van der Waals surface area contributed by atoms with E-state index < -0.39 is 4.92 Å². The fourth-order valence-corrected chi connectivity index (χ4v) is 2.76. The SMILES string of the molecule is Cc1cc(CN2CCN(C(=O)c3cccc([N+](=O)[O-])c3)CC2)on1. The number of amides is 1. The van der Waals surface area contributed by atoms with Crippen molar-refractivity contribution in [2.75, 3.05) is 26.2 Å². The van der Waals surface area contributed by atoms with Gasteiger partial charge in [0.2, 0.25) is 0 Å². The zero-order valence-corrected chi connectivity index (χ0v) is 13.3. The summed E-state index contributed by atoms with van der Waals surface area (Å²) in [5, 5.41) is 14.7. The summed E-state index contributed by atoms with van der Waals surface area (Å²) in [6.07, 6.45) is 0. The summed E-state index contributed by atoms with van der Waals surface area (Å²) < 4.78 is 5.21. The Labute approximate surface area is 138 Å². The molecule has 0 saturated carbocycles. The van der Waals surface area contributed by atoms with Crippen molar-refractivity contribution in [2.45, 2.75) is 13.5 Å². The van der Waals surface area contributed by atoms with E-state index in [1.165, 1.54) is 18.2 Å². The van der Waals surface area contributed by atoms with Gasteiger partial charge in [0.25, 0.3) is 11.6 Å². The van der Waals surface area contributed by atoms with Crippen molar-refractivity contribution in [3.8, 4) is 0 Å². The monoisotopic (exact) mass is 330 g/mol. The number of aromatic nitrogens is 1. The number of rotatable bonds is 4. The molecule has 1 aromatic heterocycles. The molecule has 2 heterocycles. The van der Waals surface area contributed by atoms with E-state index in [9.17, 15) is 14.9 Å². The van der Waals surface area contributed by atoms with Crippen LogP contribution in [0.2, 0.25) is 0 Å². The maximum Gasteiger partial charge on any atom is 0.270 e. The highest BCUT2D eigenvalue weighted by molar-refractivity contribution is 5.94. The predicted octanol–water partition coefficient (Wildman–Crippen LogP) is 1.85. The molecule has 0 spiro atoms. The second-order valence-corrected chi connectivity index (χ2v) is 5.81. The number of nitro groups is 1. The van der Waals surface area contributed by atoms with Gasteiger partial charge in [-0.05, 0) is 13.0 Å². The lowest BCUT2D eigenvalue weighted by atomic mass is 10.1. The zero-order valence-electron chi connectivity index (χ0n) is 13.3. The van der Waals surface area contributed by atoms with Crippen LogP contribution in [0.25, 0.3) is 0 Å². The number of nitrogens with zero attached hydrogens (tertiary/aromatic N) is 4. The molecule has 1 saturated heterocycles. The molecule has 1 amide bonds. The first-order chi connectivity index (χ1) is 11.5. The molecule has 0 N–H and O–H groups in total. The molecular formula is C16H18N4O4. The fraction of sp³-hybridized carbons (Fsp3) is 0.375. The standard InChI is InChI=1S/C16H18N4O4/c1-12-9-15(24-17-12)11-18-5-7-19(8-6-18)16(21)13-3-2-4-14(10-13)20(22)23/h2-4,9-10H,5-8,11H2,1H3. The lowest BCUT2D eigenvalue weighted by molar-refractivity contribution is -0.384. The van der Waals surface area contributed by atoms with Crippen LogP contribution >= 0.6 is 0 Å². The fourth-order valence-electron chi connectivity index (χ4n) is 2.76. The molecule has 1 aromatic carbocycles. The summed E-state index contributed by atoms with van der Waals surface area (Å²) in [7, 11) is 0. The van der Waals surface area contributed by atoms with E-state index in [-0.39, 0.29) is 11.6 Å². The van der Waals surface area contributed by atoms with Crippen LogP contribution in [0.3, 0.4) is 0 Å². The third-order valence-corrected chi connectivity index (χ3v) is 4.02. The highest BCUT2D eigenvalue weighted by Crippen LogP contribution is 2.16. The Balaban J connectivity index is 1.59. The van der Waals surface area contributed by atoms with E-state index in [1.54, 1.807) is 11.0 Å². The van der Waals surface area contributed by atoms with Gasteiger partial charge in [-0.1, -0.05) is 11.2 Å². The van der Waals surface area contributed by atoms with Crippen molar-refractivity contribution in [3.63, 3.8) is 0 Å². The van der Waals surface area contributed by atoms with Gasteiger partial charge in [-0.3, -0.25) is 19.8 Å². The van der Waals surface area contributed by atoms with Crippen LogP contribution < -0.4 is 0 Å². The lowest BCUT2D eigenvalue weighted by Crippen LogP contribution is -2.48. The van der Waals surface area contributed by atoms with Crippen LogP contribution in [0.5, 0.6) is 0 Å². The molecule has 0 aliphatic carbocycles. The van der Waals surface area contributed by atoms with Gasteiger partial charge in [-0.2, -0.15) is 0 Å². The van der Waals surface area contributed by atoms with E-state index in [1.807, 2.05) is 13.0 Å². The number of hydrogen-bond acceptors (Lipinski definition) is 6. The molecule has 3 rings (SSSR count). The van der Waals surface area contributed by atoms with Crippen LogP contribution in [0.15, 0.2) is 34.9 Å². The quantitative estimate of drug-likeness (QED) is 0.627. The number of nitro benzene ring substituents is 1. The molecule has 0 bridgehead atoms. The average molecular weight is 330 g/mol. The predicted molar refractivity (Wildman–Crippen MR) is 85.5 cm³/mol. The number of piperazine rings is 1. The van der Waals surface area contributed by atoms with Gasteiger partial charge >= 0.3 is 0 Å². The molecule has 126 valence electrons. The molecule has 0 radical (unpaired) electrons. The van der Waals surface area contributed by atoms with Crippen molar-refractivity contribution in [3.05, 3.63) is 57.5 Å². The Morgan fingerprint density at radius 1 is 1.29 bits per heavy atom. The molecule has 2 aromatic rings. The lowest BCUT2D eigenvalue weighted by Gasteiger charge is -2.34. The Bertz CT molecular complexity index is 750. The Hall–Kier alpha value is -2.74. The average Bonchev–Trinajstić information content (AvgIpc) is 3.00. The summed E-state index contributed by atoms with van der Waals surface area (Å²) in [5.74, 6) is 0.639. The van der Waals surface area contributed by atoms with Crippen molar-refractivity contribution in [1.82, 2.24) is 15.0 Å². The van der Waals surface area contributed by atoms with Crippen molar-refractivity contribution < 1.29 is 14.2 Å². The van der Waals surface area contributed by atoms with Crippen LogP contribution in [0, 0.1) is 17.0 Å². The highest BCUT2D eigenvalue weighted by atomic mass is 16.6. The summed E-state index contributed by atoms with van der Waals surface area (Å²) in [6.45, 7) is 5.15. The first-order valence-electron chi connectivity index (χ1n) is 7.71. The molecular weight excluding hydrogens is 312 g/mol. The largest absolute Gasteiger partial charge is 0.360 e. The molecule has 1 aliphatic heterocycles.